The number of ether oxygens (including phenoxy) is 1. The second-order valence-corrected chi connectivity index (χ2v) is 7.40. The number of hydrazine groups is 1. The maximum Gasteiger partial charge on any atom is 0.270 e. The van der Waals surface area contributed by atoms with Crippen molar-refractivity contribution >= 4 is 34.2 Å². The van der Waals surface area contributed by atoms with Crippen molar-refractivity contribution in [1.82, 2.24) is 30.2 Å². The second kappa shape index (κ2) is 7.84. The molecule has 0 radical (unpaired) electrons. The molecule has 0 spiro atoms. The number of carbonyl (C=O) groups excluding carboxylic acids is 1. The van der Waals surface area contributed by atoms with Crippen LogP contribution < -0.4 is 15.6 Å². The SMILES string of the molecule is COc1ccnc(NNC(=O)c2cc(-c3cccs3)nc3c2cnn3C(C)C)n1. The summed E-state index contributed by atoms with van der Waals surface area (Å²) in [5.41, 5.74) is 7.20. The van der Waals surface area contributed by atoms with Gasteiger partial charge in [-0.1, -0.05) is 6.07 Å². The van der Waals surface area contributed by atoms with Gasteiger partial charge in [-0.05, 0) is 31.4 Å². The number of rotatable bonds is 6. The van der Waals surface area contributed by atoms with E-state index in [4.69, 9.17) is 9.72 Å². The molecule has 148 valence electrons. The topological polar surface area (TPSA) is 107 Å². The van der Waals surface area contributed by atoms with Gasteiger partial charge in [0.15, 0.2) is 5.65 Å². The lowest BCUT2D eigenvalue weighted by molar-refractivity contribution is 0.0964. The standard InChI is InChI=1S/C19H19N7O2S/c1-11(2)26-17-13(10-21-26)12(9-14(22-17)15-5-4-8-29-15)18(27)24-25-19-20-7-6-16(23-19)28-3/h4-11H,1-3H3,(H,24,27)(H,20,23,25). The molecule has 0 aliphatic heterocycles. The lowest BCUT2D eigenvalue weighted by atomic mass is 10.1. The van der Waals surface area contributed by atoms with Crippen molar-refractivity contribution in [2.24, 2.45) is 0 Å². The van der Waals surface area contributed by atoms with E-state index in [-0.39, 0.29) is 17.9 Å². The van der Waals surface area contributed by atoms with Crippen LogP contribution in [0, 0.1) is 0 Å². The highest BCUT2D eigenvalue weighted by atomic mass is 32.1. The van der Waals surface area contributed by atoms with E-state index < -0.39 is 0 Å². The minimum Gasteiger partial charge on any atom is -0.481 e. The van der Waals surface area contributed by atoms with Crippen LogP contribution in [0.4, 0.5) is 5.95 Å². The highest BCUT2D eigenvalue weighted by molar-refractivity contribution is 7.13. The first-order valence-electron chi connectivity index (χ1n) is 8.92. The van der Waals surface area contributed by atoms with Gasteiger partial charge in [-0.15, -0.1) is 11.3 Å². The van der Waals surface area contributed by atoms with Gasteiger partial charge in [0.05, 0.1) is 34.8 Å². The predicted octanol–water partition coefficient (Wildman–Crippen LogP) is 3.30. The van der Waals surface area contributed by atoms with Gasteiger partial charge in [-0.2, -0.15) is 10.1 Å². The van der Waals surface area contributed by atoms with Crippen LogP contribution in [-0.4, -0.2) is 37.7 Å². The van der Waals surface area contributed by atoms with Crippen LogP contribution >= 0.6 is 11.3 Å². The Bertz CT molecular complexity index is 1150. The van der Waals surface area contributed by atoms with Gasteiger partial charge in [-0.25, -0.2) is 14.6 Å². The molecule has 9 nitrogen and oxygen atoms in total. The molecule has 4 aromatic rings. The third-order valence-corrected chi connectivity index (χ3v) is 5.09. The van der Waals surface area contributed by atoms with Crippen molar-refractivity contribution in [3.05, 3.63) is 47.6 Å². The summed E-state index contributed by atoms with van der Waals surface area (Å²) in [6, 6.07) is 7.42. The predicted molar refractivity (Wildman–Crippen MR) is 111 cm³/mol. The van der Waals surface area contributed by atoms with E-state index in [1.807, 2.05) is 36.0 Å². The third kappa shape index (κ3) is 3.74. The molecule has 0 saturated carbocycles. The largest absolute Gasteiger partial charge is 0.481 e. The summed E-state index contributed by atoms with van der Waals surface area (Å²) in [4.78, 5) is 26.9. The van der Waals surface area contributed by atoms with Crippen molar-refractivity contribution in [2.75, 3.05) is 12.5 Å². The first kappa shape index (κ1) is 18.8. The molecular weight excluding hydrogens is 390 g/mol. The summed E-state index contributed by atoms with van der Waals surface area (Å²) < 4.78 is 6.87. The molecule has 0 fully saturated rings. The molecule has 4 aromatic heterocycles. The quantitative estimate of drug-likeness (QED) is 0.471. The number of anilines is 1. The number of pyridine rings is 1. The Morgan fingerprint density at radius 1 is 1.28 bits per heavy atom. The Morgan fingerprint density at radius 2 is 2.14 bits per heavy atom. The van der Waals surface area contributed by atoms with Crippen LogP contribution in [0.3, 0.4) is 0 Å². The van der Waals surface area contributed by atoms with E-state index in [2.05, 4.69) is 25.9 Å². The van der Waals surface area contributed by atoms with E-state index in [0.29, 0.717) is 22.5 Å². The summed E-state index contributed by atoms with van der Waals surface area (Å²) in [6.07, 6.45) is 3.20. The van der Waals surface area contributed by atoms with Gasteiger partial charge in [0.1, 0.15) is 0 Å². The molecule has 0 aliphatic carbocycles. The Kier molecular flexibility index (Phi) is 5.09. The normalized spacial score (nSPS) is 11.0. The highest BCUT2D eigenvalue weighted by Gasteiger charge is 2.19. The van der Waals surface area contributed by atoms with Crippen LogP contribution in [0.5, 0.6) is 5.88 Å². The lowest BCUT2D eigenvalue weighted by Gasteiger charge is -2.11. The number of aromatic nitrogens is 5. The Balaban J connectivity index is 1.70. The zero-order valence-corrected chi connectivity index (χ0v) is 16.9. The Labute approximate surface area is 170 Å². The van der Waals surface area contributed by atoms with Crippen molar-refractivity contribution in [3.63, 3.8) is 0 Å². The molecule has 0 bridgehead atoms. The van der Waals surface area contributed by atoms with Gasteiger partial charge in [-0.3, -0.25) is 15.6 Å². The molecule has 0 aromatic carbocycles. The molecule has 1 amide bonds. The fourth-order valence-corrected chi connectivity index (χ4v) is 3.52. The molecule has 0 aliphatic rings. The fourth-order valence-electron chi connectivity index (χ4n) is 2.83. The first-order chi connectivity index (χ1) is 14.1. The number of fused-ring (bicyclic) bond motifs is 1. The third-order valence-electron chi connectivity index (χ3n) is 4.20. The molecule has 4 rings (SSSR count). The molecule has 4 heterocycles. The maximum atomic E-state index is 13.0. The minimum absolute atomic E-state index is 0.109. The molecule has 0 saturated heterocycles. The van der Waals surface area contributed by atoms with Gasteiger partial charge >= 0.3 is 0 Å². The Hall–Kier alpha value is -3.53. The fraction of sp³-hybridized carbons (Fsp3) is 0.211. The van der Waals surface area contributed by atoms with Crippen molar-refractivity contribution in [2.45, 2.75) is 19.9 Å². The maximum absolute atomic E-state index is 13.0. The van der Waals surface area contributed by atoms with E-state index in [1.165, 1.54) is 13.3 Å². The van der Waals surface area contributed by atoms with E-state index in [0.717, 1.165) is 10.6 Å². The smallest absolute Gasteiger partial charge is 0.270 e. The number of hydrogen-bond donors (Lipinski definition) is 2. The highest BCUT2D eigenvalue weighted by Crippen LogP contribution is 2.28. The minimum atomic E-state index is -0.343. The van der Waals surface area contributed by atoms with E-state index in [1.54, 1.807) is 29.7 Å². The van der Waals surface area contributed by atoms with Crippen molar-refractivity contribution < 1.29 is 9.53 Å². The summed E-state index contributed by atoms with van der Waals surface area (Å²) in [7, 11) is 1.51. The van der Waals surface area contributed by atoms with Gasteiger partial charge < -0.3 is 4.74 Å². The summed E-state index contributed by atoms with van der Waals surface area (Å²) in [5.74, 6) is 0.269. The number of amides is 1. The van der Waals surface area contributed by atoms with Crippen LogP contribution in [-0.2, 0) is 0 Å². The van der Waals surface area contributed by atoms with Crippen molar-refractivity contribution in [1.29, 1.82) is 0 Å². The van der Waals surface area contributed by atoms with Crippen LogP contribution in [0.1, 0.15) is 30.2 Å². The number of nitrogens with one attached hydrogen (secondary N) is 2. The molecule has 2 N–H and O–H groups in total. The monoisotopic (exact) mass is 409 g/mol. The first-order valence-corrected chi connectivity index (χ1v) is 9.80. The molecule has 29 heavy (non-hydrogen) atoms. The Morgan fingerprint density at radius 3 is 2.86 bits per heavy atom. The van der Waals surface area contributed by atoms with Crippen molar-refractivity contribution in [3.8, 4) is 16.5 Å². The van der Waals surface area contributed by atoms with Gasteiger partial charge in [0.2, 0.25) is 11.8 Å². The van der Waals surface area contributed by atoms with E-state index >= 15 is 0 Å². The number of nitrogens with zero attached hydrogens (tertiary/aromatic N) is 5. The van der Waals surface area contributed by atoms with Crippen LogP contribution in [0.2, 0.25) is 0 Å². The summed E-state index contributed by atoms with van der Waals surface area (Å²) in [6.45, 7) is 4.04. The number of carbonyl (C=O) groups is 1. The lowest BCUT2D eigenvalue weighted by Crippen LogP contribution is -2.30. The second-order valence-electron chi connectivity index (χ2n) is 6.45. The van der Waals surface area contributed by atoms with Gasteiger partial charge in [0.25, 0.3) is 5.91 Å². The van der Waals surface area contributed by atoms with Crippen LogP contribution in [0.15, 0.2) is 42.0 Å². The zero-order valence-electron chi connectivity index (χ0n) is 16.1. The molecular formula is C19H19N7O2S. The van der Waals surface area contributed by atoms with Crippen LogP contribution in [0.25, 0.3) is 21.6 Å². The summed E-state index contributed by atoms with van der Waals surface area (Å²) in [5, 5.41) is 7.06. The molecule has 0 unspecified atom stereocenters. The van der Waals surface area contributed by atoms with Gasteiger partial charge in [0, 0.05) is 18.3 Å². The molecule has 0 atom stereocenters. The number of thiophene rings is 1. The molecule has 10 heteroatoms. The average molecular weight is 409 g/mol. The summed E-state index contributed by atoms with van der Waals surface area (Å²) >= 11 is 1.56. The number of hydrogen-bond acceptors (Lipinski definition) is 8. The average Bonchev–Trinajstić information content (AvgIpc) is 3.41. The van der Waals surface area contributed by atoms with E-state index in [9.17, 15) is 4.79 Å². The zero-order chi connectivity index (χ0) is 20.4. The number of methoxy groups -OCH3 is 1.